The van der Waals surface area contributed by atoms with E-state index in [0.29, 0.717) is 36.5 Å². The van der Waals surface area contributed by atoms with E-state index in [1.165, 1.54) is 0 Å². The first kappa shape index (κ1) is 32.0. The number of piperidine rings is 1. The number of aliphatic carboxylic acids is 1. The van der Waals surface area contributed by atoms with Gasteiger partial charge in [0.15, 0.2) is 11.5 Å². The first-order valence-electron chi connectivity index (χ1n) is 14.1. The lowest BCUT2D eigenvalue weighted by Crippen LogP contribution is -2.41. The number of benzene rings is 1. The summed E-state index contributed by atoms with van der Waals surface area (Å²) in [6.07, 6.45) is 3.33. The van der Waals surface area contributed by atoms with Crippen molar-refractivity contribution in [1.82, 2.24) is 9.80 Å². The van der Waals surface area contributed by atoms with Gasteiger partial charge >= 0.3 is 5.97 Å². The van der Waals surface area contributed by atoms with Crippen LogP contribution in [0.4, 0.5) is 5.00 Å². The highest BCUT2D eigenvalue weighted by atomic mass is 32.1. The Morgan fingerprint density at radius 2 is 1.80 bits per heavy atom. The van der Waals surface area contributed by atoms with Crippen molar-refractivity contribution in [1.29, 1.82) is 5.26 Å². The number of carboxylic acid groups (broad SMARTS) is 1. The summed E-state index contributed by atoms with van der Waals surface area (Å²) in [5.41, 5.74) is 1.27. The van der Waals surface area contributed by atoms with Crippen molar-refractivity contribution < 1.29 is 24.2 Å². The molecule has 0 bridgehead atoms. The Balaban J connectivity index is 1.61. The third kappa shape index (κ3) is 8.47. The smallest absolute Gasteiger partial charge is 0.307 e. The van der Waals surface area contributed by atoms with Crippen molar-refractivity contribution in [2.45, 2.75) is 33.1 Å². The maximum atomic E-state index is 12.9. The summed E-state index contributed by atoms with van der Waals surface area (Å²) in [4.78, 5) is 32.1. The second-order valence-corrected chi connectivity index (χ2v) is 11.3. The van der Waals surface area contributed by atoms with Crippen LogP contribution in [0.3, 0.4) is 0 Å². The summed E-state index contributed by atoms with van der Waals surface area (Å²) in [7, 11) is 4.90. The minimum Gasteiger partial charge on any atom is -0.493 e. The van der Waals surface area contributed by atoms with Gasteiger partial charge in [-0.2, -0.15) is 5.26 Å². The first-order valence-corrected chi connectivity index (χ1v) is 14.9. The zero-order valence-corrected chi connectivity index (χ0v) is 25.6. The number of thiophene rings is 1. The number of hydrogen-bond acceptors (Lipinski definition) is 8. The van der Waals surface area contributed by atoms with E-state index >= 15 is 0 Å². The summed E-state index contributed by atoms with van der Waals surface area (Å²) in [6, 6.07) is 11.7. The second-order valence-electron chi connectivity index (χ2n) is 10.2. The lowest BCUT2D eigenvalue weighted by molar-refractivity contribution is -0.148. The van der Waals surface area contributed by atoms with Crippen molar-refractivity contribution in [2.24, 2.45) is 11.8 Å². The van der Waals surface area contributed by atoms with Crippen molar-refractivity contribution >= 4 is 39.9 Å². The molecule has 1 amide bonds. The van der Waals surface area contributed by atoms with Gasteiger partial charge in [-0.25, -0.2) is 0 Å². The zero-order chi connectivity index (χ0) is 29.9. The molecule has 0 saturated carbocycles. The molecule has 1 aliphatic rings. The van der Waals surface area contributed by atoms with E-state index in [4.69, 9.17) is 9.47 Å². The number of ether oxygens (including phenoxy) is 2. The topological polar surface area (TPSA) is 106 Å². The molecule has 1 aliphatic heterocycles. The van der Waals surface area contributed by atoms with Crippen molar-refractivity contribution in [3.05, 3.63) is 40.8 Å². The van der Waals surface area contributed by atoms with E-state index in [-0.39, 0.29) is 18.2 Å². The molecule has 1 fully saturated rings. The summed E-state index contributed by atoms with van der Waals surface area (Å²) in [5.74, 6) is -0.553. The predicted molar refractivity (Wildman–Crippen MR) is 163 cm³/mol. The fourth-order valence-electron chi connectivity index (χ4n) is 5.19. The molecule has 1 aromatic carbocycles. The Morgan fingerprint density at radius 3 is 2.39 bits per heavy atom. The third-order valence-corrected chi connectivity index (χ3v) is 9.01. The quantitative estimate of drug-likeness (QED) is 0.313. The zero-order valence-electron chi connectivity index (χ0n) is 24.8. The number of likely N-dealkylation sites (N-methyl/N-ethyl adjacent to an activating group) is 2. The van der Waals surface area contributed by atoms with E-state index < -0.39 is 11.9 Å². The molecule has 1 saturated heterocycles. The molecule has 222 valence electrons. The molecule has 2 aromatic rings. The lowest BCUT2D eigenvalue weighted by Gasteiger charge is -2.35. The predicted octanol–water partition coefficient (Wildman–Crippen LogP) is 4.94. The highest BCUT2D eigenvalue weighted by molar-refractivity contribution is 7.17. The molecule has 1 atom stereocenters. The summed E-state index contributed by atoms with van der Waals surface area (Å²) >= 11 is 1.60. The number of nitrogens with zero attached hydrogens (tertiary/aromatic N) is 4. The minimum atomic E-state index is -0.892. The average Bonchev–Trinajstić information content (AvgIpc) is 3.47. The molecule has 0 aliphatic carbocycles. The van der Waals surface area contributed by atoms with E-state index in [2.05, 4.69) is 29.7 Å². The molecule has 1 aromatic heterocycles. The fourth-order valence-corrected chi connectivity index (χ4v) is 6.20. The fraction of sp³-hybridized carbons (Fsp3) is 0.516. The number of allylic oxidation sites excluding steroid dienone is 1. The molecule has 2 heterocycles. The van der Waals surface area contributed by atoms with Gasteiger partial charge in [-0.15, -0.1) is 11.3 Å². The van der Waals surface area contributed by atoms with Gasteiger partial charge in [-0.1, -0.05) is 13.8 Å². The monoisotopic (exact) mass is 582 g/mol. The second kappa shape index (κ2) is 15.5. The average molecular weight is 583 g/mol. The molecule has 9 nitrogen and oxygen atoms in total. The number of anilines is 1. The largest absolute Gasteiger partial charge is 0.493 e. The van der Waals surface area contributed by atoms with Crippen LogP contribution in [0.25, 0.3) is 11.6 Å². The Bertz CT molecular complexity index is 1240. The molecule has 10 heteroatoms. The van der Waals surface area contributed by atoms with Crippen molar-refractivity contribution in [3.8, 4) is 17.6 Å². The molecule has 1 unspecified atom stereocenters. The maximum absolute atomic E-state index is 12.9. The van der Waals surface area contributed by atoms with E-state index in [0.717, 1.165) is 48.2 Å². The van der Waals surface area contributed by atoms with Crippen LogP contribution in [0.15, 0.2) is 30.3 Å². The lowest BCUT2D eigenvalue weighted by atomic mass is 9.82. The van der Waals surface area contributed by atoms with Crippen molar-refractivity contribution in [2.75, 3.05) is 65.4 Å². The van der Waals surface area contributed by atoms with Crippen LogP contribution in [-0.4, -0.2) is 87.3 Å². The molecule has 3 rings (SSSR count). The van der Waals surface area contributed by atoms with Gasteiger partial charge < -0.3 is 29.3 Å². The number of carboxylic acids is 1. The van der Waals surface area contributed by atoms with E-state index in [1.54, 1.807) is 49.6 Å². The number of rotatable bonds is 14. The van der Waals surface area contributed by atoms with Gasteiger partial charge in [0, 0.05) is 44.5 Å². The van der Waals surface area contributed by atoms with Gasteiger partial charge in [0.05, 0.1) is 36.8 Å². The molecular weight excluding hydrogens is 540 g/mol. The van der Waals surface area contributed by atoms with Gasteiger partial charge in [-0.3, -0.25) is 9.59 Å². The number of amides is 1. The van der Waals surface area contributed by atoms with Crippen LogP contribution in [0.1, 0.15) is 43.6 Å². The van der Waals surface area contributed by atoms with Gasteiger partial charge in [0.25, 0.3) is 0 Å². The molecule has 1 N–H and O–H groups in total. The third-order valence-electron chi connectivity index (χ3n) is 7.92. The van der Waals surface area contributed by atoms with Crippen LogP contribution in [0.2, 0.25) is 0 Å². The maximum Gasteiger partial charge on any atom is 0.307 e. The first-order chi connectivity index (χ1) is 19.7. The summed E-state index contributed by atoms with van der Waals surface area (Å²) < 4.78 is 10.7. The Morgan fingerprint density at radius 1 is 1.12 bits per heavy atom. The van der Waals surface area contributed by atoms with Gasteiger partial charge in [0.2, 0.25) is 5.91 Å². The molecule has 0 radical (unpaired) electrons. The molecule has 0 spiro atoms. The van der Waals surface area contributed by atoms with E-state index in [1.807, 2.05) is 24.3 Å². The number of methoxy groups -OCH3 is 2. The SMILES string of the molecule is CCN(CC)CCN(C)C(=O)CC(C(=O)O)C1CCN(c2ccc(/C=C(\C#N)c3ccc(OC)c(OC)c3)s2)CC1. The van der Waals surface area contributed by atoms with Gasteiger partial charge in [-0.05, 0) is 73.8 Å². The Labute approximate surface area is 247 Å². The van der Waals surface area contributed by atoms with Crippen LogP contribution in [0.5, 0.6) is 11.5 Å². The van der Waals surface area contributed by atoms with Crippen LogP contribution in [0, 0.1) is 23.2 Å². The van der Waals surface area contributed by atoms with E-state index in [9.17, 15) is 20.0 Å². The van der Waals surface area contributed by atoms with Gasteiger partial charge in [0.1, 0.15) is 0 Å². The number of hydrogen-bond donors (Lipinski definition) is 1. The highest BCUT2D eigenvalue weighted by Crippen LogP contribution is 2.36. The van der Waals surface area contributed by atoms with Crippen molar-refractivity contribution in [3.63, 3.8) is 0 Å². The number of carbonyl (C=O) groups excluding carboxylic acids is 1. The Kier molecular flexibility index (Phi) is 12.0. The normalized spacial score (nSPS) is 15.0. The summed E-state index contributed by atoms with van der Waals surface area (Å²) in [5, 5.41) is 20.9. The summed E-state index contributed by atoms with van der Waals surface area (Å²) in [6.45, 7) is 8.87. The van der Waals surface area contributed by atoms with Crippen LogP contribution in [-0.2, 0) is 9.59 Å². The standard InChI is InChI=1S/C31H42N4O5S/c1-6-34(7-2)17-16-33(3)29(36)20-26(31(37)38)22-12-14-35(15-13-22)30-11-9-25(41-30)18-24(21-32)23-8-10-27(39-4)28(19-23)40-5/h8-11,18-19,22,26H,6-7,12-17,20H2,1-5H3,(H,37,38)/b24-18+. The number of nitriles is 1. The Hall–Kier alpha value is -3.55. The van der Waals surface area contributed by atoms with Crippen LogP contribution >= 0.6 is 11.3 Å². The minimum absolute atomic E-state index is 0.0375. The molecular formula is C31H42N4O5S. The van der Waals surface area contributed by atoms with Crippen LogP contribution < -0.4 is 14.4 Å². The highest BCUT2D eigenvalue weighted by Gasteiger charge is 2.34. The molecule has 41 heavy (non-hydrogen) atoms. The number of carbonyl (C=O) groups is 2.